The number of hydrogen-bond donors (Lipinski definition) is 1. The minimum absolute atomic E-state index is 0.131. The molecular formula is C25H16Br2ClFN2O4. The SMILES string of the molecule is Cc1ccc(N2C(=O)NC(=O)/C(=C/c3cc(Br)c(OCc4cccc(F)c4)c(Br)c3)C2=O)cc1Cl. The number of ether oxygens (including phenoxy) is 1. The lowest BCUT2D eigenvalue weighted by atomic mass is 10.1. The average molecular weight is 623 g/mol. The summed E-state index contributed by atoms with van der Waals surface area (Å²) < 4.78 is 20.3. The van der Waals surface area contributed by atoms with Gasteiger partial charge in [0.1, 0.15) is 23.7 Å². The van der Waals surface area contributed by atoms with E-state index in [2.05, 4.69) is 37.2 Å². The molecule has 1 fully saturated rings. The van der Waals surface area contributed by atoms with Crippen molar-refractivity contribution in [2.75, 3.05) is 4.90 Å². The van der Waals surface area contributed by atoms with E-state index in [9.17, 15) is 18.8 Å². The topological polar surface area (TPSA) is 75.7 Å². The number of benzene rings is 3. The third-order valence-electron chi connectivity index (χ3n) is 5.12. The van der Waals surface area contributed by atoms with Crippen LogP contribution < -0.4 is 15.0 Å². The van der Waals surface area contributed by atoms with Crippen LogP contribution in [0.25, 0.3) is 6.08 Å². The maximum atomic E-state index is 13.4. The highest BCUT2D eigenvalue weighted by Crippen LogP contribution is 2.36. The van der Waals surface area contributed by atoms with Crippen molar-refractivity contribution in [1.82, 2.24) is 5.32 Å². The minimum atomic E-state index is -0.861. The van der Waals surface area contributed by atoms with Crippen molar-refractivity contribution in [2.24, 2.45) is 0 Å². The first kappa shape index (κ1) is 25.1. The Morgan fingerprint density at radius 2 is 1.77 bits per heavy atom. The van der Waals surface area contributed by atoms with E-state index in [4.69, 9.17) is 16.3 Å². The molecule has 3 aromatic rings. The van der Waals surface area contributed by atoms with Crippen LogP contribution in [-0.2, 0) is 16.2 Å². The van der Waals surface area contributed by atoms with Crippen molar-refractivity contribution in [2.45, 2.75) is 13.5 Å². The molecule has 1 saturated heterocycles. The van der Waals surface area contributed by atoms with Gasteiger partial charge in [0.05, 0.1) is 14.6 Å². The lowest BCUT2D eigenvalue weighted by molar-refractivity contribution is -0.122. The van der Waals surface area contributed by atoms with Crippen LogP contribution in [0.1, 0.15) is 16.7 Å². The molecule has 3 aromatic carbocycles. The third kappa shape index (κ3) is 5.47. The highest BCUT2D eigenvalue weighted by Gasteiger charge is 2.37. The van der Waals surface area contributed by atoms with E-state index >= 15 is 0 Å². The standard InChI is InChI=1S/C25H16Br2ClFN2O4/c1-13-5-6-17(11-21(13)28)31-24(33)18(23(32)30-25(31)34)8-15-9-19(26)22(20(27)10-15)35-12-14-3-2-4-16(29)7-14/h2-11H,12H2,1H3,(H,30,32,34)/b18-8-. The predicted molar refractivity (Wildman–Crippen MR) is 138 cm³/mol. The van der Waals surface area contributed by atoms with Crippen molar-refractivity contribution >= 4 is 73.1 Å². The van der Waals surface area contributed by atoms with E-state index in [1.165, 1.54) is 24.3 Å². The summed E-state index contributed by atoms with van der Waals surface area (Å²) in [4.78, 5) is 38.9. The Labute approximate surface area is 222 Å². The quantitative estimate of drug-likeness (QED) is 0.259. The molecule has 1 aliphatic rings. The molecule has 4 rings (SSSR count). The molecular weight excluding hydrogens is 607 g/mol. The smallest absolute Gasteiger partial charge is 0.335 e. The van der Waals surface area contributed by atoms with Crippen molar-refractivity contribution in [1.29, 1.82) is 0 Å². The van der Waals surface area contributed by atoms with Gasteiger partial charge >= 0.3 is 6.03 Å². The molecule has 178 valence electrons. The second-order valence-electron chi connectivity index (χ2n) is 7.62. The number of halogens is 4. The van der Waals surface area contributed by atoms with E-state index in [0.717, 1.165) is 10.5 Å². The van der Waals surface area contributed by atoms with Crippen LogP contribution in [0.5, 0.6) is 5.75 Å². The fourth-order valence-electron chi connectivity index (χ4n) is 3.36. The molecule has 6 nitrogen and oxygen atoms in total. The second-order valence-corrected chi connectivity index (χ2v) is 9.74. The fourth-order valence-corrected chi connectivity index (χ4v) is 4.99. The number of carbonyl (C=O) groups excluding carboxylic acids is 3. The lowest BCUT2D eigenvalue weighted by Crippen LogP contribution is -2.54. The first-order valence-electron chi connectivity index (χ1n) is 10.2. The summed E-state index contributed by atoms with van der Waals surface area (Å²) in [6.07, 6.45) is 1.37. The molecule has 0 saturated carbocycles. The third-order valence-corrected chi connectivity index (χ3v) is 6.70. The maximum Gasteiger partial charge on any atom is 0.335 e. The molecule has 0 aliphatic carbocycles. The molecule has 1 N–H and O–H groups in total. The van der Waals surface area contributed by atoms with E-state index in [0.29, 0.717) is 30.8 Å². The Morgan fingerprint density at radius 1 is 1.06 bits per heavy atom. The summed E-state index contributed by atoms with van der Waals surface area (Å²) in [7, 11) is 0. The summed E-state index contributed by atoms with van der Waals surface area (Å²) in [5.41, 5.74) is 1.94. The number of anilines is 1. The zero-order valence-electron chi connectivity index (χ0n) is 18.1. The van der Waals surface area contributed by atoms with Gasteiger partial charge in [-0.2, -0.15) is 0 Å². The molecule has 1 aliphatic heterocycles. The van der Waals surface area contributed by atoms with E-state index in [-0.39, 0.29) is 23.7 Å². The Bertz CT molecular complexity index is 1390. The van der Waals surface area contributed by atoms with Crippen LogP contribution in [-0.4, -0.2) is 17.8 Å². The normalized spacial score (nSPS) is 14.9. The molecule has 0 radical (unpaired) electrons. The van der Waals surface area contributed by atoms with Gasteiger partial charge in [-0.25, -0.2) is 14.1 Å². The molecule has 10 heteroatoms. The highest BCUT2D eigenvalue weighted by molar-refractivity contribution is 9.11. The van der Waals surface area contributed by atoms with Gasteiger partial charge < -0.3 is 4.74 Å². The molecule has 4 amide bonds. The monoisotopic (exact) mass is 620 g/mol. The van der Waals surface area contributed by atoms with Crippen LogP contribution in [0, 0.1) is 12.7 Å². The lowest BCUT2D eigenvalue weighted by Gasteiger charge is -2.26. The number of hydrogen-bond acceptors (Lipinski definition) is 4. The number of urea groups is 1. The van der Waals surface area contributed by atoms with Gasteiger partial charge in [0.15, 0.2) is 0 Å². The average Bonchev–Trinajstić information content (AvgIpc) is 2.78. The number of barbiturate groups is 1. The summed E-state index contributed by atoms with van der Waals surface area (Å²) in [5, 5.41) is 2.57. The van der Waals surface area contributed by atoms with Gasteiger partial charge in [-0.05, 0) is 97.9 Å². The Hall–Kier alpha value is -3.01. The van der Waals surface area contributed by atoms with Gasteiger partial charge in [0, 0.05) is 5.02 Å². The van der Waals surface area contributed by atoms with Crippen molar-refractivity contribution < 1.29 is 23.5 Å². The first-order chi connectivity index (χ1) is 16.6. The van der Waals surface area contributed by atoms with Crippen molar-refractivity contribution in [3.63, 3.8) is 0 Å². The number of carbonyl (C=O) groups is 3. The zero-order valence-corrected chi connectivity index (χ0v) is 22.0. The second kappa shape index (κ2) is 10.3. The Balaban J connectivity index is 1.62. The molecule has 0 aromatic heterocycles. The molecule has 0 spiro atoms. The van der Waals surface area contributed by atoms with Crippen LogP contribution in [0.2, 0.25) is 5.02 Å². The van der Waals surface area contributed by atoms with Crippen molar-refractivity contribution in [3.8, 4) is 5.75 Å². The van der Waals surface area contributed by atoms with Gasteiger partial charge in [-0.3, -0.25) is 14.9 Å². The molecule has 35 heavy (non-hydrogen) atoms. The van der Waals surface area contributed by atoms with Gasteiger partial charge in [-0.1, -0.05) is 29.8 Å². The van der Waals surface area contributed by atoms with E-state index in [1.54, 1.807) is 43.3 Å². The number of aryl methyl sites for hydroxylation is 1. The number of imide groups is 2. The summed E-state index contributed by atoms with van der Waals surface area (Å²) in [6.45, 7) is 1.92. The van der Waals surface area contributed by atoms with Gasteiger partial charge in [0.2, 0.25) is 0 Å². The Morgan fingerprint density at radius 3 is 2.43 bits per heavy atom. The molecule has 1 heterocycles. The Kier molecular flexibility index (Phi) is 7.39. The molecule has 0 atom stereocenters. The predicted octanol–water partition coefficient (Wildman–Crippen LogP) is 6.56. The van der Waals surface area contributed by atoms with Crippen LogP contribution >= 0.6 is 43.5 Å². The van der Waals surface area contributed by atoms with E-state index < -0.39 is 17.8 Å². The fraction of sp³-hybridized carbons (Fsp3) is 0.0800. The van der Waals surface area contributed by atoms with Crippen LogP contribution in [0.3, 0.4) is 0 Å². The van der Waals surface area contributed by atoms with E-state index in [1.807, 2.05) is 0 Å². The van der Waals surface area contributed by atoms with Crippen LogP contribution in [0.15, 0.2) is 69.1 Å². The summed E-state index contributed by atoms with van der Waals surface area (Å²) >= 11 is 13.0. The van der Waals surface area contributed by atoms with Gasteiger partial charge in [-0.15, -0.1) is 0 Å². The number of nitrogens with one attached hydrogen (secondary N) is 1. The van der Waals surface area contributed by atoms with Crippen LogP contribution in [0.4, 0.5) is 14.9 Å². The zero-order chi connectivity index (χ0) is 25.3. The molecule has 0 unspecified atom stereocenters. The number of amides is 4. The highest BCUT2D eigenvalue weighted by atomic mass is 79.9. The summed E-state index contributed by atoms with van der Waals surface area (Å²) in [5.74, 6) is -1.49. The number of nitrogens with zero attached hydrogens (tertiary/aromatic N) is 1. The summed E-state index contributed by atoms with van der Waals surface area (Å²) in [6, 6.07) is 13.2. The maximum absolute atomic E-state index is 13.4. The van der Waals surface area contributed by atoms with Gasteiger partial charge in [0.25, 0.3) is 11.8 Å². The largest absolute Gasteiger partial charge is 0.487 e. The minimum Gasteiger partial charge on any atom is -0.487 e. The van der Waals surface area contributed by atoms with Crippen molar-refractivity contribution in [3.05, 3.63) is 96.6 Å². The number of rotatable bonds is 5. The first-order valence-corrected chi connectivity index (χ1v) is 12.1. The molecule has 0 bridgehead atoms.